The minimum atomic E-state index is 0.372. The Bertz CT molecular complexity index is 745. The molecule has 0 saturated heterocycles. The Kier molecular flexibility index (Phi) is 7.69. The zero-order chi connectivity index (χ0) is 19.1. The fourth-order valence-corrected chi connectivity index (χ4v) is 3.95. The van der Waals surface area contributed by atoms with Crippen LogP contribution in [0.2, 0.25) is 10.0 Å². The van der Waals surface area contributed by atoms with Crippen LogP contribution in [0.3, 0.4) is 0 Å². The summed E-state index contributed by atoms with van der Waals surface area (Å²) in [4.78, 5) is 0. The monoisotopic (exact) mass is 407 g/mol. The highest BCUT2D eigenvalue weighted by molar-refractivity contribution is 6.35. The van der Waals surface area contributed by atoms with E-state index in [-0.39, 0.29) is 0 Å². The molecule has 5 heteroatoms. The van der Waals surface area contributed by atoms with Crippen molar-refractivity contribution in [3.8, 4) is 11.5 Å². The van der Waals surface area contributed by atoms with Gasteiger partial charge in [-0.1, -0.05) is 60.7 Å². The van der Waals surface area contributed by atoms with Gasteiger partial charge in [-0.05, 0) is 38.0 Å². The molecule has 0 amide bonds. The second-order valence-corrected chi connectivity index (χ2v) is 7.76. The summed E-state index contributed by atoms with van der Waals surface area (Å²) >= 11 is 12.3. The number of hydrogen-bond donors (Lipinski definition) is 1. The Hall–Kier alpha value is -1.42. The fraction of sp³-hybridized carbons (Fsp3) is 0.455. The van der Waals surface area contributed by atoms with Crippen molar-refractivity contribution in [1.29, 1.82) is 0 Å². The maximum absolute atomic E-state index is 6.29. The van der Waals surface area contributed by atoms with Gasteiger partial charge < -0.3 is 14.8 Å². The van der Waals surface area contributed by atoms with E-state index in [1.165, 1.54) is 32.1 Å². The molecular weight excluding hydrogens is 381 g/mol. The number of hydrogen-bond acceptors (Lipinski definition) is 3. The van der Waals surface area contributed by atoms with Crippen molar-refractivity contribution in [2.45, 2.75) is 58.2 Å². The number of benzene rings is 2. The smallest absolute Gasteiger partial charge is 0.166 e. The lowest BCUT2D eigenvalue weighted by molar-refractivity contribution is 0.265. The molecule has 1 aliphatic carbocycles. The molecule has 0 aliphatic heterocycles. The molecule has 1 saturated carbocycles. The molecule has 0 aromatic heterocycles. The molecule has 0 spiro atoms. The van der Waals surface area contributed by atoms with Crippen LogP contribution in [-0.4, -0.2) is 12.6 Å². The van der Waals surface area contributed by atoms with Crippen molar-refractivity contribution in [3.63, 3.8) is 0 Å². The Morgan fingerprint density at radius 2 is 1.81 bits per heavy atom. The van der Waals surface area contributed by atoms with Gasteiger partial charge in [-0.2, -0.15) is 0 Å². The van der Waals surface area contributed by atoms with Crippen LogP contribution in [0.1, 0.15) is 50.2 Å². The Labute approximate surface area is 172 Å². The van der Waals surface area contributed by atoms with Gasteiger partial charge in [-0.25, -0.2) is 0 Å². The van der Waals surface area contributed by atoms with Crippen molar-refractivity contribution in [2.75, 3.05) is 6.61 Å². The minimum absolute atomic E-state index is 0.372. The third-order valence-corrected chi connectivity index (χ3v) is 5.52. The van der Waals surface area contributed by atoms with Crippen LogP contribution in [-0.2, 0) is 13.2 Å². The van der Waals surface area contributed by atoms with Crippen molar-refractivity contribution in [1.82, 2.24) is 5.32 Å². The number of ether oxygens (including phenoxy) is 2. The van der Waals surface area contributed by atoms with Crippen molar-refractivity contribution < 1.29 is 9.47 Å². The summed E-state index contributed by atoms with van der Waals surface area (Å²) in [6.07, 6.45) is 6.49. The van der Waals surface area contributed by atoms with Gasteiger partial charge in [-0.15, -0.1) is 0 Å². The fourth-order valence-electron chi connectivity index (χ4n) is 3.48. The third kappa shape index (κ3) is 5.78. The van der Waals surface area contributed by atoms with E-state index in [0.29, 0.717) is 29.3 Å². The molecule has 27 heavy (non-hydrogen) atoms. The molecule has 2 aromatic carbocycles. The Morgan fingerprint density at radius 1 is 1.00 bits per heavy atom. The highest BCUT2D eigenvalue weighted by Gasteiger charge is 2.16. The van der Waals surface area contributed by atoms with E-state index in [0.717, 1.165) is 29.2 Å². The van der Waals surface area contributed by atoms with Crippen LogP contribution in [0.4, 0.5) is 0 Å². The highest BCUT2D eigenvalue weighted by atomic mass is 35.5. The van der Waals surface area contributed by atoms with E-state index in [2.05, 4.69) is 11.4 Å². The standard InChI is InChI=1S/C22H27Cl2NO2/c1-2-26-21-10-6-7-16(14-25-19-8-4-3-5-9-19)22(21)27-15-17-11-12-18(23)13-20(17)24/h6-7,10-13,19,25H,2-5,8-9,14-15H2,1H3. The molecule has 1 aliphatic rings. The topological polar surface area (TPSA) is 30.5 Å². The maximum Gasteiger partial charge on any atom is 0.166 e. The SMILES string of the molecule is CCOc1cccc(CNC2CCCCC2)c1OCc1ccc(Cl)cc1Cl. The zero-order valence-electron chi connectivity index (χ0n) is 15.8. The molecular formula is C22H27Cl2NO2. The van der Waals surface area contributed by atoms with Crippen LogP contribution in [0, 0.1) is 0 Å². The summed E-state index contributed by atoms with van der Waals surface area (Å²) in [5.74, 6) is 1.55. The van der Waals surface area contributed by atoms with Crippen molar-refractivity contribution >= 4 is 23.2 Å². The van der Waals surface area contributed by atoms with Crippen LogP contribution in [0.5, 0.6) is 11.5 Å². The Balaban J connectivity index is 1.73. The average Bonchev–Trinajstić information content (AvgIpc) is 2.68. The van der Waals surface area contributed by atoms with E-state index in [4.69, 9.17) is 32.7 Å². The predicted molar refractivity (Wildman–Crippen MR) is 112 cm³/mol. The molecule has 1 N–H and O–H groups in total. The summed E-state index contributed by atoms with van der Waals surface area (Å²) in [6, 6.07) is 12.1. The third-order valence-electron chi connectivity index (χ3n) is 4.93. The molecule has 3 rings (SSSR count). The quantitative estimate of drug-likeness (QED) is 0.549. The van der Waals surface area contributed by atoms with Crippen molar-refractivity contribution in [2.24, 2.45) is 0 Å². The number of rotatable bonds is 8. The number of halogens is 2. The van der Waals surface area contributed by atoms with Crippen LogP contribution in [0.25, 0.3) is 0 Å². The minimum Gasteiger partial charge on any atom is -0.490 e. The molecule has 0 unspecified atom stereocenters. The first-order valence-electron chi connectivity index (χ1n) is 9.72. The van der Waals surface area contributed by atoms with E-state index < -0.39 is 0 Å². The summed E-state index contributed by atoms with van der Waals surface area (Å²) in [6.45, 7) is 3.72. The lowest BCUT2D eigenvalue weighted by Crippen LogP contribution is -2.30. The molecule has 0 atom stereocenters. The van der Waals surface area contributed by atoms with E-state index >= 15 is 0 Å². The highest BCUT2D eigenvalue weighted by Crippen LogP contribution is 2.33. The average molecular weight is 408 g/mol. The first kappa shape index (κ1) is 20.3. The lowest BCUT2D eigenvalue weighted by atomic mass is 9.95. The number of para-hydroxylation sites is 1. The normalized spacial score (nSPS) is 14.9. The summed E-state index contributed by atoms with van der Waals surface area (Å²) in [5.41, 5.74) is 2.01. The van der Waals surface area contributed by atoms with E-state index in [1.54, 1.807) is 6.07 Å². The van der Waals surface area contributed by atoms with Gasteiger partial charge in [0.25, 0.3) is 0 Å². The van der Waals surface area contributed by atoms with Gasteiger partial charge in [0, 0.05) is 33.8 Å². The van der Waals surface area contributed by atoms with E-state index in [9.17, 15) is 0 Å². The summed E-state index contributed by atoms with van der Waals surface area (Å²) in [5, 5.41) is 4.92. The molecule has 0 radical (unpaired) electrons. The van der Waals surface area contributed by atoms with Gasteiger partial charge in [-0.3, -0.25) is 0 Å². The lowest BCUT2D eigenvalue weighted by Gasteiger charge is -2.24. The first-order chi connectivity index (χ1) is 13.2. The molecule has 0 heterocycles. The zero-order valence-corrected chi connectivity index (χ0v) is 17.3. The molecule has 1 fully saturated rings. The van der Waals surface area contributed by atoms with Crippen LogP contribution < -0.4 is 14.8 Å². The predicted octanol–water partition coefficient (Wildman–Crippen LogP) is 6.39. The first-order valence-corrected chi connectivity index (χ1v) is 10.5. The second kappa shape index (κ2) is 10.2. The van der Waals surface area contributed by atoms with Gasteiger partial charge in [0.2, 0.25) is 0 Å². The molecule has 0 bridgehead atoms. The Morgan fingerprint density at radius 3 is 2.56 bits per heavy atom. The van der Waals surface area contributed by atoms with Gasteiger partial charge in [0.05, 0.1) is 6.61 Å². The second-order valence-electron chi connectivity index (χ2n) is 6.92. The summed E-state index contributed by atoms with van der Waals surface area (Å²) < 4.78 is 12.0. The molecule has 2 aromatic rings. The van der Waals surface area contributed by atoms with Crippen LogP contribution >= 0.6 is 23.2 Å². The molecule has 146 valence electrons. The molecule has 3 nitrogen and oxygen atoms in total. The van der Waals surface area contributed by atoms with E-state index in [1.807, 2.05) is 31.2 Å². The maximum atomic E-state index is 6.29. The summed E-state index contributed by atoms with van der Waals surface area (Å²) in [7, 11) is 0. The van der Waals surface area contributed by atoms with Crippen molar-refractivity contribution in [3.05, 3.63) is 57.6 Å². The van der Waals surface area contributed by atoms with Gasteiger partial charge in [0.1, 0.15) is 6.61 Å². The van der Waals surface area contributed by atoms with Gasteiger partial charge >= 0.3 is 0 Å². The van der Waals surface area contributed by atoms with Crippen LogP contribution in [0.15, 0.2) is 36.4 Å². The number of nitrogens with one attached hydrogen (secondary N) is 1. The van der Waals surface area contributed by atoms with Gasteiger partial charge in [0.15, 0.2) is 11.5 Å². The largest absolute Gasteiger partial charge is 0.490 e.